The van der Waals surface area contributed by atoms with Crippen molar-refractivity contribution in [1.29, 1.82) is 0 Å². The Morgan fingerprint density at radius 1 is 1.54 bits per heavy atom. The van der Waals surface area contributed by atoms with Gasteiger partial charge in [-0.05, 0) is 48.7 Å². The van der Waals surface area contributed by atoms with Gasteiger partial charge in [-0.3, -0.25) is 5.10 Å². The number of hydrogen-bond donors (Lipinski definition) is 1. The Kier molecular flexibility index (Phi) is 5.42. The molecule has 2 heterocycles. The first-order chi connectivity index (χ1) is 11.6. The fourth-order valence-corrected chi connectivity index (χ4v) is 2.66. The number of rotatable bonds is 6. The van der Waals surface area contributed by atoms with E-state index in [1.165, 1.54) is 0 Å². The third-order valence-electron chi connectivity index (χ3n) is 3.66. The number of aromatic amines is 1. The van der Waals surface area contributed by atoms with Gasteiger partial charge >= 0.3 is 0 Å². The van der Waals surface area contributed by atoms with Gasteiger partial charge in [0.2, 0.25) is 4.77 Å². The fourth-order valence-electron chi connectivity index (χ4n) is 2.48. The van der Waals surface area contributed by atoms with Crippen molar-refractivity contribution in [3.8, 4) is 5.75 Å². The van der Waals surface area contributed by atoms with Crippen LogP contribution in [0.1, 0.15) is 44.2 Å². The number of aromatic nitrogens is 3. The number of nitrogens with zero attached hydrogens (tertiary/aromatic N) is 3. The Balaban J connectivity index is 1.77. The number of benzene rings is 1. The third-order valence-corrected chi connectivity index (χ3v) is 3.92. The quantitative estimate of drug-likeness (QED) is 0.640. The van der Waals surface area contributed by atoms with Crippen LogP contribution in [-0.4, -0.2) is 34.3 Å². The van der Waals surface area contributed by atoms with E-state index in [0.29, 0.717) is 17.3 Å². The predicted octanol–water partition coefficient (Wildman–Crippen LogP) is 3.71. The Hall–Kier alpha value is -1.99. The first-order valence-electron chi connectivity index (χ1n) is 8.19. The second-order valence-corrected chi connectivity index (χ2v) is 6.61. The SMILES string of the molecule is CC(C)COc1cccc(/C=N\n2c(C3CCCO3)n[nH]c2=S)c1. The molecule has 1 N–H and O–H groups in total. The molecule has 1 unspecified atom stereocenters. The van der Waals surface area contributed by atoms with Crippen molar-refractivity contribution in [2.24, 2.45) is 11.0 Å². The van der Waals surface area contributed by atoms with Gasteiger partial charge in [0.05, 0.1) is 12.8 Å². The zero-order valence-corrected chi connectivity index (χ0v) is 14.8. The van der Waals surface area contributed by atoms with E-state index in [2.05, 4.69) is 29.1 Å². The monoisotopic (exact) mass is 346 g/mol. The van der Waals surface area contributed by atoms with Crippen molar-refractivity contribution in [2.45, 2.75) is 32.8 Å². The molecule has 1 saturated heterocycles. The van der Waals surface area contributed by atoms with E-state index in [1.54, 1.807) is 10.9 Å². The van der Waals surface area contributed by atoms with Gasteiger partial charge in [-0.25, -0.2) is 0 Å². The highest BCUT2D eigenvalue weighted by Gasteiger charge is 2.23. The lowest BCUT2D eigenvalue weighted by Crippen LogP contribution is -2.06. The summed E-state index contributed by atoms with van der Waals surface area (Å²) in [4.78, 5) is 0. The summed E-state index contributed by atoms with van der Waals surface area (Å²) in [6, 6.07) is 7.83. The van der Waals surface area contributed by atoms with Crippen LogP contribution in [-0.2, 0) is 4.74 Å². The highest BCUT2D eigenvalue weighted by atomic mass is 32.1. The first kappa shape index (κ1) is 16.9. The summed E-state index contributed by atoms with van der Waals surface area (Å²) < 4.78 is 13.5. The molecular weight excluding hydrogens is 324 g/mol. The molecule has 1 fully saturated rings. The Bertz CT molecular complexity index is 760. The summed E-state index contributed by atoms with van der Waals surface area (Å²) in [6.07, 6.45) is 3.68. The molecule has 0 radical (unpaired) electrons. The maximum absolute atomic E-state index is 5.75. The van der Waals surface area contributed by atoms with Gasteiger partial charge in [0, 0.05) is 6.61 Å². The van der Waals surface area contributed by atoms with Crippen LogP contribution < -0.4 is 4.74 Å². The molecule has 3 rings (SSSR count). The van der Waals surface area contributed by atoms with E-state index in [-0.39, 0.29) is 6.10 Å². The third kappa shape index (κ3) is 4.10. The molecule has 1 atom stereocenters. The molecule has 128 valence electrons. The minimum absolute atomic E-state index is 0.0455. The molecule has 0 amide bonds. The van der Waals surface area contributed by atoms with Crippen LogP contribution >= 0.6 is 12.2 Å². The Labute approximate surface area is 146 Å². The second kappa shape index (κ2) is 7.72. The van der Waals surface area contributed by atoms with E-state index in [1.807, 2.05) is 24.3 Å². The van der Waals surface area contributed by atoms with Crippen molar-refractivity contribution in [2.75, 3.05) is 13.2 Å². The lowest BCUT2D eigenvalue weighted by Gasteiger charge is -2.09. The summed E-state index contributed by atoms with van der Waals surface area (Å²) in [6.45, 7) is 5.69. The van der Waals surface area contributed by atoms with E-state index in [9.17, 15) is 0 Å². The molecule has 7 heteroatoms. The van der Waals surface area contributed by atoms with E-state index in [4.69, 9.17) is 21.7 Å². The van der Waals surface area contributed by atoms with Crippen LogP contribution in [0.4, 0.5) is 0 Å². The average molecular weight is 346 g/mol. The molecule has 2 aromatic rings. The van der Waals surface area contributed by atoms with Crippen LogP contribution in [0.15, 0.2) is 29.4 Å². The van der Waals surface area contributed by atoms with Gasteiger partial charge in [-0.2, -0.15) is 14.9 Å². The van der Waals surface area contributed by atoms with Crippen molar-refractivity contribution in [3.05, 3.63) is 40.4 Å². The highest BCUT2D eigenvalue weighted by Crippen LogP contribution is 2.27. The molecule has 6 nitrogen and oxygen atoms in total. The number of H-pyrrole nitrogens is 1. The van der Waals surface area contributed by atoms with Gasteiger partial charge < -0.3 is 9.47 Å². The topological polar surface area (TPSA) is 64.4 Å². The molecular formula is C17H22N4O2S. The number of nitrogens with one attached hydrogen (secondary N) is 1. The normalized spacial score (nSPS) is 17.9. The molecule has 1 aliphatic heterocycles. The lowest BCUT2D eigenvalue weighted by atomic mass is 10.2. The molecule has 0 spiro atoms. The predicted molar refractivity (Wildman–Crippen MR) is 95.1 cm³/mol. The molecule has 1 aromatic carbocycles. The average Bonchev–Trinajstić information content (AvgIpc) is 3.21. The van der Waals surface area contributed by atoms with Crippen LogP contribution in [0.5, 0.6) is 5.75 Å². The Morgan fingerprint density at radius 3 is 3.17 bits per heavy atom. The molecule has 0 aliphatic carbocycles. The summed E-state index contributed by atoms with van der Waals surface area (Å²) >= 11 is 5.27. The maximum Gasteiger partial charge on any atom is 0.216 e. The summed E-state index contributed by atoms with van der Waals surface area (Å²) in [5, 5.41) is 11.5. The standard InChI is InChI=1S/C17H22N4O2S/c1-12(2)11-23-14-6-3-5-13(9-14)10-18-21-16(19-20-17(21)24)15-7-4-8-22-15/h3,5-6,9-10,12,15H,4,7-8,11H2,1-2H3,(H,20,24)/b18-10-. The largest absolute Gasteiger partial charge is 0.493 e. The van der Waals surface area contributed by atoms with E-state index < -0.39 is 0 Å². The zero-order chi connectivity index (χ0) is 16.9. The van der Waals surface area contributed by atoms with E-state index >= 15 is 0 Å². The van der Waals surface area contributed by atoms with Crippen molar-refractivity contribution >= 4 is 18.4 Å². The minimum Gasteiger partial charge on any atom is -0.493 e. The second-order valence-electron chi connectivity index (χ2n) is 6.22. The van der Waals surface area contributed by atoms with Crippen LogP contribution in [0.2, 0.25) is 0 Å². The zero-order valence-electron chi connectivity index (χ0n) is 13.9. The highest BCUT2D eigenvalue weighted by molar-refractivity contribution is 7.71. The first-order valence-corrected chi connectivity index (χ1v) is 8.60. The van der Waals surface area contributed by atoms with Crippen LogP contribution in [0, 0.1) is 10.7 Å². The maximum atomic E-state index is 5.75. The molecule has 1 aromatic heterocycles. The summed E-state index contributed by atoms with van der Waals surface area (Å²) in [7, 11) is 0. The van der Waals surface area contributed by atoms with Gasteiger partial charge in [0.1, 0.15) is 11.9 Å². The van der Waals surface area contributed by atoms with Crippen molar-refractivity contribution in [3.63, 3.8) is 0 Å². The number of hydrogen-bond acceptors (Lipinski definition) is 5. The van der Waals surface area contributed by atoms with Gasteiger partial charge in [0.25, 0.3) is 0 Å². The summed E-state index contributed by atoms with van der Waals surface area (Å²) in [5.74, 6) is 2.05. The smallest absolute Gasteiger partial charge is 0.216 e. The van der Waals surface area contributed by atoms with Gasteiger partial charge in [-0.1, -0.05) is 26.0 Å². The number of ether oxygens (including phenoxy) is 2. The summed E-state index contributed by atoms with van der Waals surface area (Å²) in [5.41, 5.74) is 0.942. The molecule has 0 saturated carbocycles. The van der Waals surface area contributed by atoms with Crippen LogP contribution in [0.25, 0.3) is 0 Å². The van der Waals surface area contributed by atoms with E-state index in [0.717, 1.165) is 36.6 Å². The minimum atomic E-state index is -0.0455. The van der Waals surface area contributed by atoms with Crippen molar-refractivity contribution < 1.29 is 9.47 Å². The lowest BCUT2D eigenvalue weighted by molar-refractivity contribution is 0.102. The molecule has 24 heavy (non-hydrogen) atoms. The van der Waals surface area contributed by atoms with Gasteiger partial charge in [0.15, 0.2) is 5.82 Å². The molecule has 0 bridgehead atoms. The van der Waals surface area contributed by atoms with Gasteiger partial charge in [-0.15, -0.1) is 0 Å². The molecule has 1 aliphatic rings. The van der Waals surface area contributed by atoms with Crippen LogP contribution in [0.3, 0.4) is 0 Å². The van der Waals surface area contributed by atoms with Crippen molar-refractivity contribution in [1.82, 2.24) is 14.9 Å². The fraction of sp³-hybridized carbons (Fsp3) is 0.471. The Morgan fingerprint density at radius 2 is 2.42 bits per heavy atom.